The third-order valence-electron chi connectivity index (χ3n) is 3.09. The lowest BCUT2D eigenvalue weighted by atomic mass is 10.3. The number of hydrogen-bond donors (Lipinski definition) is 1. The molecule has 0 saturated carbocycles. The van der Waals surface area contributed by atoms with E-state index < -0.39 is 6.10 Å². The molecule has 0 fully saturated rings. The molecule has 0 bridgehead atoms. The first-order valence-corrected chi connectivity index (χ1v) is 7.03. The second-order valence-corrected chi connectivity index (χ2v) is 4.59. The monoisotopic (exact) mass is 278 g/mol. The third-order valence-corrected chi connectivity index (χ3v) is 3.09. The van der Waals surface area contributed by atoms with Crippen molar-refractivity contribution in [3.8, 4) is 0 Å². The molecule has 20 heavy (non-hydrogen) atoms. The number of imidazole rings is 1. The zero-order valence-electron chi connectivity index (χ0n) is 12.2. The maximum atomic E-state index is 9.91. The maximum Gasteiger partial charge on any atom is 0.175 e. The summed E-state index contributed by atoms with van der Waals surface area (Å²) in [6.07, 6.45) is -0.966. The van der Waals surface area contributed by atoms with Gasteiger partial charge in [0.2, 0.25) is 0 Å². The first kappa shape index (κ1) is 15.0. The van der Waals surface area contributed by atoms with Gasteiger partial charge in [0, 0.05) is 13.2 Å². The van der Waals surface area contributed by atoms with Gasteiger partial charge in [0.1, 0.15) is 11.9 Å². The summed E-state index contributed by atoms with van der Waals surface area (Å²) in [6, 6.07) is 7.83. The van der Waals surface area contributed by atoms with Gasteiger partial charge < -0.3 is 19.1 Å². The average molecular weight is 278 g/mol. The van der Waals surface area contributed by atoms with Crippen molar-refractivity contribution in [2.24, 2.45) is 0 Å². The molecule has 0 saturated heterocycles. The smallest absolute Gasteiger partial charge is 0.175 e. The third kappa shape index (κ3) is 3.17. The summed E-state index contributed by atoms with van der Waals surface area (Å²) in [6.45, 7) is 7.28. The van der Waals surface area contributed by atoms with Gasteiger partial charge in [-0.25, -0.2) is 4.98 Å². The standard InChI is InChI=1S/C15H22N2O3/c1-4-19-14(20-5-2)10-17-13-9-7-6-8-12(13)16-15(17)11(3)18/h6-9,11,14,18H,4-5,10H2,1-3H3/t11-/m1/s1. The van der Waals surface area contributed by atoms with Crippen molar-refractivity contribution >= 4 is 11.0 Å². The summed E-state index contributed by atoms with van der Waals surface area (Å²) in [5.74, 6) is 0.635. The average Bonchev–Trinajstić information content (AvgIpc) is 2.79. The van der Waals surface area contributed by atoms with Crippen molar-refractivity contribution in [2.75, 3.05) is 13.2 Å². The van der Waals surface area contributed by atoms with Crippen LogP contribution in [0.4, 0.5) is 0 Å². The highest BCUT2D eigenvalue weighted by atomic mass is 16.7. The van der Waals surface area contributed by atoms with Crippen LogP contribution in [0.3, 0.4) is 0 Å². The number of aliphatic hydroxyl groups is 1. The Hall–Kier alpha value is -1.43. The van der Waals surface area contributed by atoms with Gasteiger partial charge in [-0.1, -0.05) is 12.1 Å². The SMILES string of the molecule is CCOC(Cn1c([C@@H](C)O)nc2ccccc21)OCC. The molecule has 1 N–H and O–H groups in total. The Morgan fingerprint density at radius 2 is 1.85 bits per heavy atom. The van der Waals surface area contributed by atoms with E-state index >= 15 is 0 Å². The molecule has 0 aliphatic carbocycles. The Morgan fingerprint density at radius 1 is 1.20 bits per heavy atom. The van der Waals surface area contributed by atoms with Crippen molar-refractivity contribution in [1.29, 1.82) is 0 Å². The van der Waals surface area contributed by atoms with E-state index in [0.717, 1.165) is 11.0 Å². The number of para-hydroxylation sites is 2. The minimum absolute atomic E-state index is 0.333. The van der Waals surface area contributed by atoms with Crippen LogP contribution < -0.4 is 0 Å². The molecule has 110 valence electrons. The fourth-order valence-electron chi connectivity index (χ4n) is 2.28. The zero-order valence-corrected chi connectivity index (χ0v) is 12.2. The number of rotatable bonds is 7. The molecule has 0 amide bonds. The Labute approximate surface area is 119 Å². The predicted molar refractivity (Wildman–Crippen MR) is 77.4 cm³/mol. The molecule has 0 radical (unpaired) electrons. The molecule has 1 heterocycles. The van der Waals surface area contributed by atoms with Gasteiger partial charge in [-0.05, 0) is 32.9 Å². The molecule has 5 nitrogen and oxygen atoms in total. The second-order valence-electron chi connectivity index (χ2n) is 4.59. The lowest BCUT2D eigenvalue weighted by Crippen LogP contribution is -2.25. The fourth-order valence-corrected chi connectivity index (χ4v) is 2.28. The summed E-state index contributed by atoms with van der Waals surface area (Å²) in [7, 11) is 0. The van der Waals surface area contributed by atoms with Gasteiger partial charge in [0.15, 0.2) is 6.29 Å². The van der Waals surface area contributed by atoms with Crippen LogP contribution in [-0.2, 0) is 16.0 Å². The maximum absolute atomic E-state index is 9.91. The predicted octanol–water partition coefficient (Wildman–Crippen LogP) is 2.49. The van der Waals surface area contributed by atoms with E-state index in [2.05, 4.69) is 4.98 Å². The van der Waals surface area contributed by atoms with Gasteiger partial charge in [-0.2, -0.15) is 0 Å². The van der Waals surface area contributed by atoms with E-state index in [1.165, 1.54) is 0 Å². The Morgan fingerprint density at radius 3 is 2.45 bits per heavy atom. The first-order chi connectivity index (χ1) is 9.67. The minimum Gasteiger partial charge on any atom is -0.385 e. The molecular formula is C15H22N2O3. The Balaban J connectivity index is 2.37. The molecule has 5 heteroatoms. The van der Waals surface area contributed by atoms with Gasteiger partial charge >= 0.3 is 0 Å². The summed E-state index contributed by atoms with van der Waals surface area (Å²) in [5.41, 5.74) is 1.85. The zero-order chi connectivity index (χ0) is 14.5. The highest BCUT2D eigenvalue weighted by Gasteiger charge is 2.18. The molecular weight excluding hydrogens is 256 g/mol. The molecule has 0 spiro atoms. The molecule has 0 aliphatic rings. The summed E-state index contributed by atoms with van der Waals surface area (Å²) in [4.78, 5) is 4.49. The van der Waals surface area contributed by atoms with Crippen molar-refractivity contribution in [2.45, 2.75) is 39.7 Å². The van der Waals surface area contributed by atoms with Gasteiger partial charge in [-0.3, -0.25) is 0 Å². The topological polar surface area (TPSA) is 56.5 Å². The number of fused-ring (bicyclic) bond motifs is 1. The molecule has 1 aromatic carbocycles. The normalized spacial score (nSPS) is 13.2. The van der Waals surface area contributed by atoms with Crippen LogP contribution in [0, 0.1) is 0 Å². The lowest BCUT2D eigenvalue weighted by molar-refractivity contribution is -0.143. The van der Waals surface area contributed by atoms with Crippen LogP contribution in [0.15, 0.2) is 24.3 Å². The van der Waals surface area contributed by atoms with E-state index in [0.29, 0.717) is 25.6 Å². The first-order valence-electron chi connectivity index (χ1n) is 7.03. The largest absolute Gasteiger partial charge is 0.385 e. The highest BCUT2D eigenvalue weighted by molar-refractivity contribution is 5.76. The Kier molecular flexibility index (Phi) is 5.11. The van der Waals surface area contributed by atoms with Crippen LogP contribution in [0.25, 0.3) is 11.0 Å². The van der Waals surface area contributed by atoms with Crippen LogP contribution in [0.1, 0.15) is 32.7 Å². The van der Waals surface area contributed by atoms with E-state index in [9.17, 15) is 5.11 Å². The molecule has 0 aliphatic heterocycles. The number of ether oxygens (including phenoxy) is 2. The van der Waals surface area contributed by atoms with E-state index in [1.807, 2.05) is 42.7 Å². The number of benzene rings is 1. The molecule has 0 unspecified atom stereocenters. The van der Waals surface area contributed by atoms with E-state index in [-0.39, 0.29) is 6.29 Å². The summed E-state index contributed by atoms with van der Waals surface area (Å²) >= 11 is 0. The van der Waals surface area contributed by atoms with Crippen molar-refractivity contribution in [3.05, 3.63) is 30.1 Å². The van der Waals surface area contributed by atoms with E-state index in [1.54, 1.807) is 6.92 Å². The summed E-state index contributed by atoms with van der Waals surface area (Å²) in [5, 5.41) is 9.91. The molecule has 2 aromatic rings. The van der Waals surface area contributed by atoms with Crippen LogP contribution >= 0.6 is 0 Å². The lowest BCUT2D eigenvalue weighted by Gasteiger charge is -2.20. The van der Waals surface area contributed by atoms with E-state index in [4.69, 9.17) is 9.47 Å². The highest BCUT2D eigenvalue weighted by Crippen LogP contribution is 2.21. The minimum atomic E-state index is -0.633. The number of aromatic nitrogens is 2. The molecule has 2 rings (SSSR count). The van der Waals surface area contributed by atoms with Crippen molar-refractivity contribution in [1.82, 2.24) is 9.55 Å². The van der Waals surface area contributed by atoms with Crippen LogP contribution in [-0.4, -0.2) is 34.2 Å². The van der Waals surface area contributed by atoms with Gasteiger partial charge in [-0.15, -0.1) is 0 Å². The van der Waals surface area contributed by atoms with Crippen LogP contribution in [0.2, 0.25) is 0 Å². The van der Waals surface area contributed by atoms with Crippen molar-refractivity contribution in [3.63, 3.8) is 0 Å². The summed E-state index contributed by atoms with van der Waals surface area (Å²) < 4.78 is 13.1. The fraction of sp³-hybridized carbons (Fsp3) is 0.533. The number of aliphatic hydroxyl groups excluding tert-OH is 1. The number of hydrogen-bond acceptors (Lipinski definition) is 4. The quantitative estimate of drug-likeness (QED) is 0.791. The van der Waals surface area contributed by atoms with Gasteiger partial charge in [0.05, 0.1) is 17.6 Å². The van der Waals surface area contributed by atoms with Crippen molar-refractivity contribution < 1.29 is 14.6 Å². The molecule has 1 aromatic heterocycles. The second kappa shape index (κ2) is 6.83. The Bertz CT molecular complexity index is 545. The van der Waals surface area contributed by atoms with Gasteiger partial charge in [0.25, 0.3) is 0 Å². The molecule has 1 atom stereocenters. The van der Waals surface area contributed by atoms with Crippen LogP contribution in [0.5, 0.6) is 0 Å². The number of nitrogens with zero attached hydrogens (tertiary/aromatic N) is 2.